The SMILES string of the molecule is COC(C(C)=O)c1ccccc1OS(C)(=O)=O. The van der Waals surface area contributed by atoms with E-state index in [9.17, 15) is 13.2 Å². The van der Waals surface area contributed by atoms with E-state index in [4.69, 9.17) is 8.92 Å². The van der Waals surface area contributed by atoms with Crippen LogP contribution < -0.4 is 4.18 Å². The zero-order chi connectivity index (χ0) is 13.1. The predicted molar refractivity (Wildman–Crippen MR) is 62.3 cm³/mol. The Morgan fingerprint density at radius 3 is 2.35 bits per heavy atom. The Balaban J connectivity index is 3.19. The second-order valence-corrected chi connectivity index (χ2v) is 5.13. The van der Waals surface area contributed by atoms with Gasteiger partial charge in [-0.1, -0.05) is 18.2 Å². The molecule has 0 fully saturated rings. The molecule has 1 aromatic carbocycles. The summed E-state index contributed by atoms with van der Waals surface area (Å²) in [4.78, 5) is 11.4. The summed E-state index contributed by atoms with van der Waals surface area (Å²) in [6.45, 7) is 1.37. The van der Waals surface area contributed by atoms with Crippen LogP contribution >= 0.6 is 0 Å². The van der Waals surface area contributed by atoms with Crippen LogP contribution in [0.5, 0.6) is 5.75 Å². The first-order valence-electron chi connectivity index (χ1n) is 4.87. The van der Waals surface area contributed by atoms with Crippen LogP contribution in [-0.2, 0) is 19.6 Å². The summed E-state index contributed by atoms with van der Waals surface area (Å²) in [5.41, 5.74) is 0.396. The van der Waals surface area contributed by atoms with E-state index in [1.165, 1.54) is 20.1 Å². The van der Waals surface area contributed by atoms with E-state index >= 15 is 0 Å². The van der Waals surface area contributed by atoms with Crippen molar-refractivity contribution < 1.29 is 22.1 Å². The Bertz CT molecular complexity index is 506. The Kier molecular flexibility index (Phi) is 4.25. The highest BCUT2D eigenvalue weighted by atomic mass is 32.2. The van der Waals surface area contributed by atoms with Crippen LogP contribution in [0.4, 0.5) is 0 Å². The molecular formula is C11H14O5S. The maximum Gasteiger partial charge on any atom is 0.306 e. The van der Waals surface area contributed by atoms with E-state index in [1.54, 1.807) is 18.2 Å². The predicted octanol–water partition coefficient (Wildman–Crippen LogP) is 1.30. The summed E-state index contributed by atoms with van der Waals surface area (Å²) >= 11 is 0. The van der Waals surface area contributed by atoms with Crippen LogP contribution in [-0.4, -0.2) is 27.6 Å². The van der Waals surface area contributed by atoms with Gasteiger partial charge >= 0.3 is 10.1 Å². The van der Waals surface area contributed by atoms with Crippen LogP contribution in [0.25, 0.3) is 0 Å². The zero-order valence-corrected chi connectivity index (χ0v) is 10.7. The van der Waals surface area contributed by atoms with Gasteiger partial charge in [-0.2, -0.15) is 8.42 Å². The van der Waals surface area contributed by atoms with Gasteiger partial charge in [0.05, 0.1) is 6.26 Å². The number of benzene rings is 1. The molecule has 6 heteroatoms. The summed E-state index contributed by atoms with van der Waals surface area (Å²) in [7, 11) is -2.26. The number of methoxy groups -OCH3 is 1. The summed E-state index contributed by atoms with van der Waals surface area (Å²) in [6, 6.07) is 6.37. The summed E-state index contributed by atoms with van der Waals surface area (Å²) in [6.07, 6.45) is 0.118. The average Bonchev–Trinajstić information content (AvgIpc) is 2.18. The minimum Gasteiger partial charge on any atom is -0.382 e. The Morgan fingerprint density at radius 2 is 1.88 bits per heavy atom. The van der Waals surface area contributed by atoms with Gasteiger partial charge in [-0.05, 0) is 13.0 Å². The smallest absolute Gasteiger partial charge is 0.306 e. The number of Topliss-reactive ketones (excluding diaryl/α,β-unsaturated/α-hetero) is 1. The molecule has 0 aliphatic heterocycles. The molecule has 0 aliphatic carbocycles. The van der Waals surface area contributed by atoms with Crippen LogP contribution in [0.3, 0.4) is 0 Å². The van der Waals surface area contributed by atoms with Gasteiger partial charge in [-0.3, -0.25) is 4.79 Å². The standard InChI is InChI=1S/C11H14O5S/c1-8(12)11(15-2)9-6-4-5-7-10(9)16-17(3,13)14/h4-7,11H,1-3H3. The van der Waals surface area contributed by atoms with Crippen molar-refractivity contribution in [3.05, 3.63) is 29.8 Å². The van der Waals surface area contributed by atoms with Crippen LogP contribution in [0.15, 0.2) is 24.3 Å². The molecule has 0 N–H and O–H groups in total. The lowest BCUT2D eigenvalue weighted by atomic mass is 10.1. The second kappa shape index (κ2) is 5.29. The van der Waals surface area contributed by atoms with Crippen LogP contribution in [0, 0.1) is 0 Å². The summed E-state index contributed by atoms with van der Waals surface area (Å²) in [5.74, 6) is -0.117. The van der Waals surface area contributed by atoms with Crippen molar-refractivity contribution in [1.29, 1.82) is 0 Å². The van der Waals surface area contributed by atoms with Gasteiger partial charge in [0, 0.05) is 12.7 Å². The molecule has 5 nitrogen and oxygen atoms in total. The van der Waals surface area contributed by atoms with Crippen LogP contribution in [0.2, 0.25) is 0 Å². The van der Waals surface area contributed by atoms with E-state index in [-0.39, 0.29) is 11.5 Å². The quantitative estimate of drug-likeness (QED) is 0.744. The lowest BCUT2D eigenvalue weighted by Crippen LogP contribution is -2.14. The molecule has 1 unspecified atom stereocenters. The maximum absolute atomic E-state index is 11.4. The average molecular weight is 258 g/mol. The molecule has 0 spiro atoms. The third kappa shape index (κ3) is 3.83. The Labute approximate surface area is 100 Å². The van der Waals surface area contributed by atoms with Crippen molar-refractivity contribution >= 4 is 15.9 Å². The first-order chi connectivity index (χ1) is 7.85. The van der Waals surface area contributed by atoms with Gasteiger partial charge in [-0.15, -0.1) is 0 Å². The molecule has 17 heavy (non-hydrogen) atoms. The van der Waals surface area contributed by atoms with E-state index in [0.717, 1.165) is 6.26 Å². The van der Waals surface area contributed by atoms with Gasteiger partial charge in [0.25, 0.3) is 0 Å². The number of para-hydroxylation sites is 1. The fourth-order valence-electron chi connectivity index (χ4n) is 1.45. The van der Waals surface area contributed by atoms with Crippen molar-refractivity contribution in [3.63, 3.8) is 0 Å². The van der Waals surface area contributed by atoms with Gasteiger partial charge in [0.15, 0.2) is 5.78 Å². The van der Waals surface area contributed by atoms with Crippen molar-refractivity contribution in [2.45, 2.75) is 13.0 Å². The third-order valence-corrected chi connectivity index (χ3v) is 2.53. The minimum absolute atomic E-state index is 0.108. The van der Waals surface area contributed by atoms with E-state index in [1.807, 2.05) is 0 Å². The fourth-order valence-corrected chi connectivity index (χ4v) is 1.93. The van der Waals surface area contributed by atoms with Crippen molar-refractivity contribution in [3.8, 4) is 5.75 Å². The normalized spacial score (nSPS) is 13.1. The largest absolute Gasteiger partial charge is 0.382 e. The molecule has 0 aliphatic rings. The van der Waals surface area contributed by atoms with Gasteiger partial charge in [0.2, 0.25) is 0 Å². The highest BCUT2D eigenvalue weighted by Gasteiger charge is 2.21. The van der Waals surface area contributed by atoms with E-state index in [2.05, 4.69) is 0 Å². The second-order valence-electron chi connectivity index (χ2n) is 3.55. The minimum atomic E-state index is -3.63. The highest BCUT2D eigenvalue weighted by Crippen LogP contribution is 2.28. The number of ketones is 1. The summed E-state index contributed by atoms with van der Waals surface area (Å²) < 4.78 is 32.0. The monoisotopic (exact) mass is 258 g/mol. The lowest BCUT2D eigenvalue weighted by molar-refractivity contribution is -0.127. The van der Waals surface area contributed by atoms with Gasteiger partial charge < -0.3 is 8.92 Å². The number of rotatable bonds is 5. The molecule has 94 valence electrons. The third-order valence-electron chi connectivity index (χ3n) is 2.05. The topological polar surface area (TPSA) is 69.7 Å². The molecule has 0 radical (unpaired) electrons. The maximum atomic E-state index is 11.4. The summed E-state index contributed by atoms with van der Waals surface area (Å²) in [5, 5.41) is 0. The Hall–Kier alpha value is -1.40. The molecule has 1 rings (SSSR count). The van der Waals surface area contributed by atoms with E-state index in [0.29, 0.717) is 5.56 Å². The molecule has 1 atom stereocenters. The van der Waals surface area contributed by atoms with Crippen LogP contribution in [0.1, 0.15) is 18.6 Å². The number of carbonyl (C=O) groups excluding carboxylic acids is 1. The number of hydrogen-bond donors (Lipinski definition) is 0. The first-order valence-corrected chi connectivity index (χ1v) is 6.68. The molecular weight excluding hydrogens is 244 g/mol. The van der Waals surface area contributed by atoms with E-state index < -0.39 is 16.2 Å². The lowest BCUT2D eigenvalue weighted by Gasteiger charge is -2.15. The fraction of sp³-hybridized carbons (Fsp3) is 0.364. The molecule has 0 saturated carbocycles. The van der Waals surface area contributed by atoms with Gasteiger partial charge in [-0.25, -0.2) is 0 Å². The highest BCUT2D eigenvalue weighted by molar-refractivity contribution is 7.86. The first kappa shape index (κ1) is 13.7. The molecule has 1 aromatic rings. The number of carbonyl (C=O) groups is 1. The molecule has 0 saturated heterocycles. The Morgan fingerprint density at radius 1 is 1.29 bits per heavy atom. The van der Waals surface area contributed by atoms with Crippen molar-refractivity contribution in [2.75, 3.05) is 13.4 Å². The number of hydrogen-bond acceptors (Lipinski definition) is 5. The van der Waals surface area contributed by atoms with Crippen molar-refractivity contribution in [2.24, 2.45) is 0 Å². The van der Waals surface area contributed by atoms with Crippen molar-refractivity contribution in [1.82, 2.24) is 0 Å². The number of ether oxygens (including phenoxy) is 1. The molecule has 0 amide bonds. The zero-order valence-electron chi connectivity index (χ0n) is 9.84. The molecule has 0 bridgehead atoms. The van der Waals surface area contributed by atoms with Gasteiger partial charge in [0.1, 0.15) is 11.9 Å². The molecule has 0 heterocycles. The molecule has 0 aromatic heterocycles.